The van der Waals surface area contributed by atoms with E-state index in [4.69, 9.17) is 11.0 Å². The Labute approximate surface area is 119 Å². The van der Waals surface area contributed by atoms with E-state index in [1.165, 1.54) is 0 Å². The number of hydrogen-bond acceptors (Lipinski definition) is 3. The van der Waals surface area contributed by atoms with Gasteiger partial charge in [0.1, 0.15) is 11.4 Å². The first kappa shape index (κ1) is 14.5. The maximum absolute atomic E-state index is 13.7. The standard InChI is InChI=1S/C15H11F2N3O/c16-11-4-5-12(19)14(17)13(11)15(21)20-8-10-3-1-2-9(6-10)7-18/h1-6H,8,19H2,(H,20,21). The van der Waals surface area contributed by atoms with Crippen LogP contribution < -0.4 is 11.1 Å². The van der Waals surface area contributed by atoms with Gasteiger partial charge < -0.3 is 11.1 Å². The predicted molar refractivity (Wildman–Crippen MR) is 73.1 cm³/mol. The number of hydrogen-bond donors (Lipinski definition) is 2. The van der Waals surface area contributed by atoms with Gasteiger partial charge in [0, 0.05) is 6.54 Å². The average molecular weight is 287 g/mol. The lowest BCUT2D eigenvalue weighted by Gasteiger charge is -2.08. The van der Waals surface area contributed by atoms with Crippen LogP contribution >= 0.6 is 0 Å². The van der Waals surface area contributed by atoms with Crippen LogP contribution in [0.25, 0.3) is 0 Å². The van der Waals surface area contributed by atoms with Crippen LogP contribution in [0.3, 0.4) is 0 Å². The number of carbonyl (C=O) groups excluding carboxylic acids is 1. The zero-order valence-electron chi connectivity index (χ0n) is 10.9. The third-order valence-corrected chi connectivity index (χ3v) is 2.86. The quantitative estimate of drug-likeness (QED) is 0.850. The van der Waals surface area contributed by atoms with Crippen molar-refractivity contribution in [2.24, 2.45) is 0 Å². The summed E-state index contributed by atoms with van der Waals surface area (Å²) in [7, 11) is 0. The summed E-state index contributed by atoms with van der Waals surface area (Å²) in [6.45, 7) is 0.0437. The van der Waals surface area contributed by atoms with Gasteiger partial charge in [0.2, 0.25) is 0 Å². The van der Waals surface area contributed by atoms with Crippen molar-refractivity contribution in [3.8, 4) is 6.07 Å². The van der Waals surface area contributed by atoms with Gasteiger partial charge in [-0.15, -0.1) is 0 Å². The third kappa shape index (κ3) is 3.15. The van der Waals surface area contributed by atoms with Crippen LogP contribution in [0.1, 0.15) is 21.5 Å². The average Bonchev–Trinajstić information content (AvgIpc) is 2.49. The largest absolute Gasteiger partial charge is 0.396 e. The van der Waals surface area contributed by atoms with E-state index in [1.54, 1.807) is 24.3 Å². The van der Waals surface area contributed by atoms with E-state index < -0.39 is 23.1 Å². The van der Waals surface area contributed by atoms with Gasteiger partial charge in [0.25, 0.3) is 5.91 Å². The van der Waals surface area contributed by atoms with Gasteiger partial charge in [-0.3, -0.25) is 4.79 Å². The molecule has 0 fully saturated rings. The van der Waals surface area contributed by atoms with E-state index >= 15 is 0 Å². The number of nitriles is 1. The number of anilines is 1. The molecule has 106 valence electrons. The number of carbonyl (C=O) groups is 1. The fraction of sp³-hybridized carbons (Fsp3) is 0.0667. The zero-order chi connectivity index (χ0) is 15.4. The van der Waals surface area contributed by atoms with E-state index in [0.29, 0.717) is 11.1 Å². The number of nitrogens with zero attached hydrogens (tertiary/aromatic N) is 1. The maximum Gasteiger partial charge on any atom is 0.257 e. The second kappa shape index (κ2) is 6.01. The lowest BCUT2D eigenvalue weighted by Crippen LogP contribution is -2.25. The number of benzene rings is 2. The molecule has 0 saturated heterocycles. The monoisotopic (exact) mass is 287 g/mol. The summed E-state index contributed by atoms with van der Waals surface area (Å²) in [6, 6.07) is 10.5. The SMILES string of the molecule is N#Cc1cccc(CNC(=O)c2c(F)ccc(N)c2F)c1. The lowest BCUT2D eigenvalue weighted by atomic mass is 10.1. The molecule has 0 spiro atoms. The molecule has 1 amide bonds. The van der Waals surface area contributed by atoms with Gasteiger partial charge in [-0.25, -0.2) is 8.78 Å². The second-order valence-electron chi connectivity index (χ2n) is 4.32. The maximum atomic E-state index is 13.7. The van der Waals surface area contributed by atoms with Crippen molar-refractivity contribution in [2.45, 2.75) is 6.54 Å². The number of rotatable bonds is 3. The lowest BCUT2D eigenvalue weighted by molar-refractivity contribution is 0.0942. The minimum atomic E-state index is -1.08. The van der Waals surface area contributed by atoms with Gasteiger partial charge in [-0.1, -0.05) is 12.1 Å². The number of nitrogens with one attached hydrogen (secondary N) is 1. The van der Waals surface area contributed by atoms with E-state index in [1.807, 2.05) is 6.07 Å². The minimum Gasteiger partial charge on any atom is -0.396 e. The van der Waals surface area contributed by atoms with Gasteiger partial charge in [-0.05, 0) is 29.8 Å². The van der Waals surface area contributed by atoms with E-state index in [2.05, 4.69) is 5.32 Å². The van der Waals surface area contributed by atoms with Crippen LogP contribution in [-0.2, 0) is 6.54 Å². The zero-order valence-corrected chi connectivity index (χ0v) is 10.9. The molecule has 0 aromatic heterocycles. The highest BCUT2D eigenvalue weighted by Gasteiger charge is 2.19. The Morgan fingerprint density at radius 2 is 2.05 bits per heavy atom. The van der Waals surface area contributed by atoms with Gasteiger partial charge in [-0.2, -0.15) is 5.26 Å². The summed E-state index contributed by atoms with van der Waals surface area (Å²) < 4.78 is 27.2. The summed E-state index contributed by atoms with van der Waals surface area (Å²) in [5.74, 6) is -2.97. The molecule has 6 heteroatoms. The van der Waals surface area contributed by atoms with Gasteiger partial charge in [0.05, 0.1) is 17.3 Å². The fourth-order valence-electron chi connectivity index (χ4n) is 1.80. The first-order valence-electron chi connectivity index (χ1n) is 6.03. The van der Waals surface area contributed by atoms with Crippen LogP contribution in [0, 0.1) is 23.0 Å². The molecular formula is C15H11F2N3O. The summed E-state index contributed by atoms with van der Waals surface area (Å²) in [6.07, 6.45) is 0. The molecule has 0 unspecified atom stereocenters. The third-order valence-electron chi connectivity index (χ3n) is 2.86. The molecule has 0 aliphatic heterocycles. The molecule has 0 aliphatic rings. The van der Waals surface area contributed by atoms with Crippen LogP contribution in [0.5, 0.6) is 0 Å². The van der Waals surface area contributed by atoms with Crippen molar-refractivity contribution in [3.63, 3.8) is 0 Å². The number of halogens is 2. The Morgan fingerprint density at radius 3 is 2.76 bits per heavy atom. The molecule has 0 bridgehead atoms. The fourth-order valence-corrected chi connectivity index (χ4v) is 1.80. The van der Waals surface area contributed by atoms with Crippen molar-refractivity contribution >= 4 is 11.6 Å². The molecule has 0 radical (unpaired) electrons. The molecule has 21 heavy (non-hydrogen) atoms. The molecule has 0 atom stereocenters. The molecule has 4 nitrogen and oxygen atoms in total. The van der Waals surface area contributed by atoms with Gasteiger partial charge in [0.15, 0.2) is 5.82 Å². The van der Waals surface area contributed by atoms with Crippen LogP contribution in [0.15, 0.2) is 36.4 Å². The first-order valence-corrected chi connectivity index (χ1v) is 6.03. The Balaban J connectivity index is 2.16. The summed E-state index contributed by atoms with van der Waals surface area (Å²) in [4.78, 5) is 11.9. The molecule has 0 aliphatic carbocycles. The Bertz CT molecular complexity index is 738. The van der Waals surface area contributed by atoms with E-state index in [0.717, 1.165) is 12.1 Å². The number of amides is 1. The molecule has 2 aromatic carbocycles. The molecule has 0 saturated carbocycles. The van der Waals surface area contributed by atoms with Gasteiger partial charge >= 0.3 is 0 Å². The summed E-state index contributed by atoms with van der Waals surface area (Å²) in [5.41, 5.74) is 5.38. The van der Waals surface area contributed by atoms with Crippen LogP contribution in [0.2, 0.25) is 0 Å². The molecule has 0 heterocycles. The molecule has 2 rings (SSSR count). The van der Waals surface area contributed by atoms with Crippen molar-refractivity contribution in [3.05, 3.63) is 64.7 Å². The molecular weight excluding hydrogens is 276 g/mol. The highest BCUT2D eigenvalue weighted by Crippen LogP contribution is 2.18. The highest BCUT2D eigenvalue weighted by atomic mass is 19.1. The highest BCUT2D eigenvalue weighted by molar-refractivity contribution is 5.95. The van der Waals surface area contributed by atoms with Crippen molar-refractivity contribution in [1.82, 2.24) is 5.32 Å². The molecule has 3 N–H and O–H groups in total. The first-order chi connectivity index (χ1) is 10.0. The van der Waals surface area contributed by atoms with Crippen molar-refractivity contribution in [2.75, 3.05) is 5.73 Å². The predicted octanol–water partition coefficient (Wildman–Crippen LogP) is 2.35. The Kier molecular flexibility index (Phi) is 4.14. The summed E-state index contributed by atoms with van der Waals surface area (Å²) in [5, 5.41) is 11.2. The second-order valence-corrected chi connectivity index (χ2v) is 4.32. The van der Waals surface area contributed by atoms with E-state index in [-0.39, 0.29) is 12.2 Å². The Morgan fingerprint density at radius 1 is 1.29 bits per heavy atom. The van der Waals surface area contributed by atoms with Crippen LogP contribution in [0.4, 0.5) is 14.5 Å². The molecule has 2 aromatic rings. The number of nitrogen functional groups attached to an aromatic ring is 1. The minimum absolute atomic E-state index is 0.0437. The van der Waals surface area contributed by atoms with Crippen LogP contribution in [-0.4, -0.2) is 5.91 Å². The number of nitrogens with two attached hydrogens (primary N) is 1. The van der Waals surface area contributed by atoms with Crippen molar-refractivity contribution < 1.29 is 13.6 Å². The topological polar surface area (TPSA) is 78.9 Å². The Hall–Kier alpha value is -2.94. The van der Waals surface area contributed by atoms with E-state index in [9.17, 15) is 13.6 Å². The smallest absolute Gasteiger partial charge is 0.257 e. The summed E-state index contributed by atoms with van der Waals surface area (Å²) >= 11 is 0. The van der Waals surface area contributed by atoms with Crippen molar-refractivity contribution in [1.29, 1.82) is 5.26 Å². The normalized spacial score (nSPS) is 9.95.